The van der Waals surface area contributed by atoms with E-state index < -0.39 is 0 Å². The molecule has 1 N–H and O–H groups in total. The van der Waals surface area contributed by atoms with Gasteiger partial charge in [-0.05, 0) is 50.5 Å². The van der Waals surface area contributed by atoms with Gasteiger partial charge in [0.05, 0.1) is 0 Å². The number of aliphatic hydroxyl groups excluding tert-OH is 1. The minimum absolute atomic E-state index is 0.207. The number of piperidine rings is 2. The van der Waals surface area contributed by atoms with E-state index in [-0.39, 0.29) is 6.61 Å². The molecule has 2 atom stereocenters. The van der Waals surface area contributed by atoms with Gasteiger partial charge in [-0.25, -0.2) is 9.97 Å². The largest absolute Gasteiger partial charge is 0.396 e. The fourth-order valence-electron chi connectivity index (χ4n) is 5.18. The molecular weight excluding hydrogens is 340 g/mol. The number of aromatic nitrogens is 2. The zero-order chi connectivity index (χ0) is 18.6. The number of hydrogen-bond acceptors (Lipinski definition) is 5. The molecule has 1 saturated carbocycles. The molecule has 4 rings (SSSR count). The Balaban J connectivity index is 1.42. The molecule has 2 aliphatic heterocycles. The van der Waals surface area contributed by atoms with Gasteiger partial charge >= 0.3 is 0 Å². The molecule has 1 aromatic rings. The number of aliphatic hydroxyl groups is 1. The molecule has 3 fully saturated rings. The van der Waals surface area contributed by atoms with Crippen LogP contribution in [0.3, 0.4) is 0 Å². The van der Waals surface area contributed by atoms with Crippen LogP contribution in [0.25, 0.3) is 0 Å². The molecule has 2 saturated heterocycles. The van der Waals surface area contributed by atoms with Crippen molar-refractivity contribution < 1.29 is 9.90 Å². The quantitative estimate of drug-likeness (QED) is 0.778. The van der Waals surface area contributed by atoms with Crippen molar-refractivity contribution in [3.05, 3.63) is 18.0 Å². The highest BCUT2D eigenvalue weighted by molar-refractivity contribution is 5.77. The van der Waals surface area contributed by atoms with E-state index in [0.717, 1.165) is 51.3 Å². The van der Waals surface area contributed by atoms with E-state index in [4.69, 9.17) is 10.1 Å². The van der Waals surface area contributed by atoms with Crippen molar-refractivity contribution in [2.24, 2.45) is 5.92 Å². The molecule has 1 amide bonds. The van der Waals surface area contributed by atoms with Crippen LogP contribution < -0.4 is 4.90 Å². The zero-order valence-electron chi connectivity index (χ0n) is 16.2. The Morgan fingerprint density at radius 2 is 2.00 bits per heavy atom. The number of unbranched alkanes of at least 4 members (excludes halogenated alkanes) is 1. The Kier molecular flexibility index (Phi) is 5.91. The summed E-state index contributed by atoms with van der Waals surface area (Å²) in [5, 5.41) is 9.03. The van der Waals surface area contributed by atoms with Crippen LogP contribution in [0.1, 0.15) is 69.4 Å². The Bertz CT molecular complexity index is 647. The van der Waals surface area contributed by atoms with E-state index in [1.165, 1.54) is 31.4 Å². The van der Waals surface area contributed by atoms with Gasteiger partial charge in [-0.3, -0.25) is 4.79 Å². The topological polar surface area (TPSA) is 69.6 Å². The minimum Gasteiger partial charge on any atom is -0.396 e. The molecule has 0 spiro atoms. The average Bonchev–Trinajstić information content (AvgIpc) is 3.24. The molecule has 27 heavy (non-hydrogen) atoms. The number of hydrogen-bond donors (Lipinski definition) is 1. The summed E-state index contributed by atoms with van der Waals surface area (Å²) in [6.07, 6.45) is 11.3. The van der Waals surface area contributed by atoms with Crippen molar-refractivity contribution in [2.75, 3.05) is 31.1 Å². The van der Waals surface area contributed by atoms with E-state index in [1.54, 1.807) is 0 Å². The first-order valence-corrected chi connectivity index (χ1v) is 10.7. The predicted octanol–water partition coefficient (Wildman–Crippen LogP) is 2.72. The Morgan fingerprint density at radius 1 is 1.15 bits per heavy atom. The number of anilines is 1. The van der Waals surface area contributed by atoms with Crippen LogP contribution in [-0.2, 0) is 4.79 Å². The minimum atomic E-state index is 0.207. The van der Waals surface area contributed by atoms with Crippen molar-refractivity contribution in [3.8, 4) is 0 Å². The zero-order valence-corrected chi connectivity index (χ0v) is 16.2. The van der Waals surface area contributed by atoms with Gasteiger partial charge in [-0.15, -0.1) is 0 Å². The maximum Gasteiger partial charge on any atom is 0.225 e. The summed E-state index contributed by atoms with van der Waals surface area (Å²) in [6.45, 7) is 2.86. The summed E-state index contributed by atoms with van der Waals surface area (Å²) < 4.78 is 0. The van der Waals surface area contributed by atoms with Gasteiger partial charge in [-0.1, -0.05) is 12.8 Å². The van der Waals surface area contributed by atoms with Crippen molar-refractivity contribution in [3.63, 3.8) is 0 Å². The molecular formula is C21H32N4O2. The molecule has 6 heteroatoms. The maximum atomic E-state index is 12.4. The smallest absolute Gasteiger partial charge is 0.225 e. The SMILES string of the molecule is O=C1CC[C@H]2CN(c3nccc(C4CCCC4)n3)CC[C@H]2N1CCCCO. The van der Waals surface area contributed by atoms with Crippen LogP contribution in [-0.4, -0.2) is 58.2 Å². The first kappa shape index (κ1) is 18.7. The summed E-state index contributed by atoms with van der Waals surface area (Å²) in [5.41, 5.74) is 1.21. The summed E-state index contributed by atoms with van der Waals surface area (Å²) in [5.74, 6) is 2.28. The molecule has 3 heterocycles. The fourth-order valence-corrected chi connectivity index (χ4v) is 5.18. The molecule has 148 valence electrons. The van der Waals surface area contributed by atoms with E-state index in [0.29, 0.717) is 30.2 Å². The first-order chi connectivity index (χ1) is 13.3. The molecule has 1 aliphatic carbocycles. The third-order valence-corrected chi connectivity index (χ3v) is 6.67. The van der Waals surface area contributed by atoms with Gasteiger partial charge in [0, 0.05) is 56.5 Å². The van der Waals surface area contributed by atoms with Crippen LogP contribution in [0.15, 0.2) is 12.3 Å². The number of amides is 1. The lowest BCUT2D eigenvalue weighted by Gasteiger charge is -2.47. The molecule has 3 aliphatic rings. The van der Waals surface area contributed by atoms with Crippen molar-refractivity contribution in [1.82, 2.24) is 14.9 Å². The van der Waals surface area contributed by atoms with Crippen molar-refractivity contribution in [1.29, 1.82) is 0 Å². The first-order valence-electron chi connectivity index (χ1n) is 10.7. The summed E-state index contributed by atoms with van der Waals surface area (Å²) >= 11 is 0. The van der Waals surface area contributed by atoms with E-state index >= 15 is 0 Å². The Hall–Kier alpha value is -1.69. The van der Waals surface area contributed by atoms with Crippen molar-refractivity contribution >= 4 is 11.9 Å². The van der Waals surface area contributed by atoms with Gasteiger partial charge in [-0.2, -0.15) is 0 Å². The highest BCUT2D eigenvalue weighted by atomic mass is 16.3. The molecule has 0 aromatic carbocycles. The number of rotatable bonds is 6. The second-order valence-electron chi connectivity index (χ2n) is 8.38. The highest BCUT2D eigenvalue weighted by Crippen LogP contribution is 2.35. The van der Waals surface area contributed by atoms with Gasteiger partial charge in [0.25, 0.3) is 0 Å². The van der Waals surface area contributed by atoms with E-state index in [9.17, 15) is 4.79 Å². The van der Waals surface area contributed by atoms with Gasteiger partial charge < -0.3 is 14.9 Å². The second-order valence-corrected chi connectivity index (χ2v) is 8.38. The lowest BCUT2D eigenvalue weighted by Crippen LogP contribution is -2.56. The molecule has 6 nitrogen and oxygen atoms in total. The van der Waals surface area contributed by atoms with Crippen LogP contribution in [0.2, 0.25) is 0 Å². The lowest BCUT2D eigenvalue weighted by atomic mass is 9.83. The molecule has 0 radical (unpaired) electrons. The second kappa shape index (κ2) is 8.55. The third-order valence-electron chi connectivity index (χ3n) is 6.67. The standard InChI is InChI=1S/C21H32N4O2/c26-14-4-3-12-25-19-10-13-24(15-17(19)7-8-20(25)27)21-22-11-9-18(23-21)16-5-1-2-6-16/h9,11,16-17,19,26H,1-8,10,12-15H2/t17-,19+/m0/s1. The number of likely N-dealkylation sites (tertiary alicyclic amines) is 1. The molecule has 0 bridgehead atoms. The van der Waals surface area contributed by atoms with E-state index in [2.05, 4.69) is 20.9 Å². The number of nitrogens with zero attached hydrogens (tertiary/aromatic N) is 4. The monoisotopic (exact) mass is 372 g/mol. The van der Waals surface area contributed by atoms with Gasteiger partial charge in [0.1, 0.15) is 0 Å². The maximum absolute atomic E-state index is 12.4. The average molecular weight is 373 g/mol. The van der Waals surface area contributed by atoms with Crippen LogP contribution >= 0.6 is 0 Å². The number of fused-ring (bicyclic) bond motifs is 1. The predicted molar refractivity (Wildman–Crippen MR) is 105 cm³/mol. The summed E-state index contributed by atoms with van der Waals surface area (Å²) in [4.78, 5) is 26.3. The van der Waals surface area contributed by atoms with Crippen LogP contribution in [0, 0.1) is 5.92 Å². The van der Waals surface area contributed by atoms with Gasteiger partial charge in [0.2, 0.25) is 11.9 Å². The fraction of sp³-hybridized carbons (Fsp3) is 0.762. The summed E-state index contributed by atoms with van der Waals surface area (Å²) in [6, 6.07) is 2.44. The van der Waals surface area contributed by atoms with Gasteiger partial charge in [0.15, 0.2) is 0 Å². The Morgan fingerprint density at radius 3 is 2.81 bits per heavy atom. The number of carbonyl (C=O) groups excluding carboxylic acids is 1. The Labute approximate surface area is 162 Å². The molecule has 0 unspecified atom stereocenters. The molecule has 1 aromatic heterocycles. The van der Waals surface area contributed by atoms with Crippen LogP contribution in [0.5, 0.6) is 0 Å². The normalized spacial score (nSPS) is 26.5. The highest BCUT2D eigenvalue weighted by Gasteiger charge is 2.39. The van der Waals surface area contributed by atoms with E-state index in [1.807, 2.05) is 6.20 Å². The summed E-state index contributed by atoms with van der Waals surface area (Å²) in [7, 11) is 0. The lowest BCUT2D eigenvalue weighted by molar-refractivity contribution is -0.139. The van der Waals surface area contributed by atoms with Crippen molar-refractivity contribution in [2.45, 2.75) is 69.7 Å². The number of carbonyl (C=O) groups is 1. The van der Waals surface area contributed by atoms with Crippen LogP contribution in [0.4, 0.5) is 5.95 Å². The third kappa shape index (κ3) is 4.10.